The number of hydrogen-bond acceptors (Lipinski definition) is 4. The zero-order valence-corrected chi connectivity index (χ0v) is 10.3. The van der Waals surface area contributed by atoms with Crippen LogP contribution in [0.15, 0.2) is 42.5 Å². The molecule has 1 amide bonds. The summed E-state index contributed by atoms with van der Waals surface area (Å²) < 4.78 is 0. The molecular weight excluding hydrogens is 254 g/mol. The van der Waals surface area contributed by atoms with E-state index in [9.17, 15) is 4.79 Å². The summed E-state index contributed by atoms with van der Waals surface area (Å²) in [6.07, 6.45) is 0. The summed E-state index contributed by atoms with van der Waals surface area (Å²) in [5.41, 5.74) is 3.02. The van der Waals surface area contributed by atoms with E-state index in [4.69, 9.17) is 5.26 Å². The number of aromatic nitrogens is 3. The highest BCUT2D eigenvalue weighted by Crippen LogP contribution is 2.14. The number of amides is 1. The van der Waals surface area contributed by atoms with Gasteiger partial charge in [-0.2, -0.15) is 20.7 Å². The van der Waals surface area contributed by atoms with Crippen LogP contribution in [0.2, 0.25) is 0 Å². The predicted octanol–water partition coefficient (Wildman–Crippen LogP) is 2.08. The molecule has 0 radical (unpaired) electrons. The van der Waals surface area contributed by atoms with Gasteiger partial charge in [-0.3, -0.25) is 4.79 Å². The molecule has 0 unspecified atom stereocenters. The number of H-pyrrole nitrogens is 1. The van der Waals surface area contributed by atoms with Gasteiger partial charge in [0.05, 0.1) is 11.6 Å². The molecule has 0 atom stereocenters. The minimum atomic E-state index is -0.236. The topological polar surface area (TPSA) is 94.5 Å². The van der Waals surface area contributed by atoms with Gasteiger partial charge in [0.1, 0.15) is 11.0 Å². The molecule has 0 aliphatic carbocycles. The van der Waals surface area contributed by atoms with Gasteiger partial charge >= 0.3 is 0 Å². The maximum atomic E-state index is 12.1. The standard InChI is InChI=1S/C14H9N5O/c15-8-9-1-4-11(5-2-9)16-14(20)10-3-6-12-13(7-10)18-19-17-12/h1-7H,(H,16,20)(H,17,18,19). The Balaban J connectivity index is 1.82. The summed E-state index contributed by atoms with van der Waals surface area (Å²) in [6, 6.07) is 13.8. The number of carbonyl (C=O) groups excluding carboxylic acids is 1. The Hall–Kier alpha value is -3.20. The summed E-state index contributed by atoms with van der Waals surface area (Å²) in [6.45, 7) is 0. The lowest BCUT2D eigenvalue weighted by molar-refractivity contribution is 0.102. The third-order valence-electron chi connectivity index (χ3n) is 2.85. The number of benzene rings is 2. The first-order chi connectivity index (χ1) is 9.76. The van der Waals surface area contributed by atoms with Gasteiger partial charge in [0.2, 0.25) is 0 Å². The Morgan fingerprint density at radius 1 is 1.10 bits per heavy atom. The molecule has 96 valence electrons. The highest BCUT2D eigenvalue weighted by atomic mass is 16.1. The molecule has 2 aromatic carbocycles. The van der Waals surface area contributed by atoms with Crippen molar-refractivity contribution in [2.24, 2.45) is 0 Å². The van der Waals surface area contributed by atoms with E-state index in [1.54, 1.807) is 42.5 Å². The molecule has 0 bridgehead atoms. The maximum absolute atomic E-state index is 12.1. The lowest BCUT2D eigenvalue weighted by atomic mass is 10.1. The average molecular weight is 263 g/mol. The second kappa shape index (κ2) is 4.82. The Kier molecular flexibility index (Phi) is 2.86. The normalized spacial score (nSPS) is 10.2. The fourth-order valence-corrected chi connectivity index (χ4v) is 1.81. The van der Waals surface area contributed by atoms with Gasteiger partial charge in [-0.1, -0.05) is 0 Å². The minimum Gasteiger partial charge on any atom is -0.322 e. The van der Waals surface area contributed by atoms with Crippen LogP contribution in [0.1, 0.15) is 15.9 Å². The second-order valence-electron chi connectivity index (χ2n) is 4.17. The molecule has 1 aromatic heterocycles. The average Bonchev–Trinajstić information content (AvgIpc) is 2.95. The van der Waals surface area contributed by atoms with Crippen molar-refractivity contribution < 1.29 is 4.79 Å². The summed E-state index contributed by atoms with van der Waals surface area (Å²) in [7, 11) is 0. The number of carbonyl (C=O) groups is 1. The van der Waals surface area contributed by atoms with Crippen LogP contribution in [0, 0.1) is 11.3 Å². The first-order valence-corrected chi connectivity index (χ1v) is 5.88. The molecular formula is C14H9N5O. The van der Waals surface area contributed by atoms with E-state index in [1.165, 1.54) is 0 Å². The maximum Gasteiger partial charge on any atom is 0.255 e. The molecule has 0 saturated carbocycles. The largest absolute Gasteiger partial charge is 0.322 e. The smallest absolute Gasteiger partial charge is 0.255 e. The monoisotopic (exact) mass is 263 g/mol. The van der Waals surface area contributed by atoms with Crippen LogP contribution in [0.3, 0.4) is 0 Å². The van der Waals surface area contributed by atoms with Crippen molar-refractivity contribution in [3.8, 4) is 6.07 Å². The first kappa shape index (κ1) is 11.9. The lowest BCUT2D eigenvalue weighted by Gasteiger charge is -2.05. The lowest BCUT2D eigenvalue weighted by Crippen LogP contribution is -2.11. The predicted molar refractivity (Wildman–Crippen MR) is 73.0 cm³/mol. The number of nitrogens with zero attached hydrogens (tertiary/aromatic N) is 3. The zero-order valence-electron chi connectivity index (χ0n) is 10.3. The van der Waals surface area contributed by atoms with Crippen molar-refractivity contribution in [1.82, 2.24) is 15.4 Å². The van der Waals surface area contributed by atoms with E-state index in [1.807, 2.05) is 6.07 Å². The molecule has 0 aliphatic heterocycles. The van der Waals surface area contributed by atoms with E-state index in [-0.39, 0.29) is 5.91 Å². The van der Waals surface area contributed by atoms with Gasteiger partial charge in [-0.15, -0.1) is 0 Å². The SMILES string of the molecule is N#Cc1ccc(NC(=O)c2ccc3n[nH]nc3c2)cc1. The molecule has 6 heteroatoms. The highest BCUT2D eigenvalue weighted by molar-refractivity contribution is 6.05. The van der Waals surface area contributed by atoms with Crippen molar-refractivity contribution in [3.05, 3.63) is 53.6 Å². The van der Waals surface area contributed by atoms with Crippen LogP contribution < -0.4 is 5.32 Å². The molecule has 0 spiro atoms. The molecule has 1 heterocycles. The highest BCUT2D eigenvalue weighted by Gasteiger charge is 2.08. The van der Waals surface area contributed by atoms with Gasteiger partial charge in [0, 0.05) is 11.3 Å². The van der Waals surface area contributed by atoms with E-state index < -0.39 is 0 Å². The Bertz CT molecular complexity index is 813. The number of aromatic amines is 1. The molecule has 0 saturated heterocycles. The fourth-order valence-electron chi connectivity index (χ4n) is 1.81. The number of rotatable bonds is 2. The summed E-state index contributed by atoms with van der Waals surface area (Å²) in [5.74, 6) is -0.236. The fraction of sp³-hybridized carbons (Fsp3) is 0. The van der Waals surface area contributed by atoms with Crippen LogP contribution in [0.4, 0.5) is 5.69 Å². The Morgan fingerprint density at radius 3 is 2.60 bits per heavy atom. The van der Waals surface area contributed by atoms with Gasteiger partial charge < -0.3 is 5.32 Å². The quantitative estimate of drug-likeness (QED) is 0.740. The van der Waals surface area contributed by atoms with Gasteiger partial charge in [0.15, 0.2) is 0 Å². The second-order valence-corrected chi connectivity index (χ2v) is 4.17. The van der Waals surface area contributed by atoms with Gasteiger partial charge in [-0.05, 0) is 42.5 Å². The zero-order chi connectivity index (χ0) is 13.9. The molecule has 6 nitrogen and oxygen atoms in total. The van der Waals surface area contributed by atoms with Crippen molar-refractivity contribution in [2.75, 3.05) is 5.32 Å². The minimum absolute atomic E-state index is 0.236. The van der Waals surface area contributed by atoms with Crippen molar-refractivity contribution in [1.29, 1.82) is 5.26 Å². The van der Waals surface area contributed by atoms with Crippen molar-refractivity contribution in [2.45, 2.75) is 0 Å². The molecule has 20 heavy (non-hydrogen) atoms. The number of nitrogens with one attached hydrogen (secondary N) is 2. The van der Waals surface area contributed by atoms with Crippen LogP contribution in [0.5, 0.6) is 0 Å². The molecule has 2 N–H and O–H groups in total. The van der Waals surface area contributed by atoms with E-state index in [2.05, 4.69) is 20.7 Å². The molecule has 0 aliphatic rings. The van der Waals surface area contributed by atoms with Crippen molar-refractivity contribution >= 4 is 22.6 Å². The van der Waals surface area contributed by atoms with E-state index >= 15 is 0 Å². The van der Waals surface area contributed by atoms with Crippen LogP contribution in [-0.4, -0.2) is 21.3 Å². The van der Waals surface area contributed by atoms with E-state index in [0.717, 1.165) is 0 Å². The number of nitriles is 1. The van der Waals surface area contributed by atoms with Gasteiger partial charge in [0.25, 0.3) is 5.91 Å². The number of fused-ring (bicyclic) bond motifs is 1. The van der Waals surface area contributed by atoms with Gasteiger partial charge in [-0.25, -0.2) is 0 Å². The van der Waals surface area contributed by atoms with Crippen LogP contribution >= 0.6 is 0 Å². The molecule has 3 aromatic rings. The van der Waals surface area contributed by atoms with E-state index in [0.29, 0.717) is 27.8 Å². The Morgan fingerprint density at radius 2 is 1.85 bits per heavy atom. The molecule has 0 fully saturated rings. The Labute approximate surface area is 114 Å². The van der Waals surface area contributed by atoms with Crippen LogP contribution in [0.25, 0.3) is 11.0 Å². The number of hydrogen-bond donors (Lipinski definition) is 2. The third kappa shape index (κ3) is 2.20. The van der Waals surface area contributed by atoms with Crippen molar-refractivity contribution in [3.63, 3.8) is 0 Å². The summed E-state index contributed by atoms with van der Waals surface area (Å²) in [4.78, 5) is 12.1. The number of anilines is 1. The first-order valence-electron chi connectivity index (χ1n) is 5.88. The van der Waals surface area contributed by atoms with Crippen LogP contribution in [-0.2, 0) is 0 Å². The third-order valence-corrected chi connectivity index (χ3v) is 2.85. The summed E-state index contributed by atoms with van der Waals surface area (Å²) in [5, 5.41) is 21.8. The molecule has 3 rings (SSSR count). The summed E-state index contributed by atoms with van der Waals surface area (Å²) >= 11 is 0.